The van der Waals surface area contributed by atoms with Gasteiger partial charge in [0.1, 0.15) is 6.04 Å². The maximum atomic E-state index is 11.4. The van der Waals surface area contributed by atoms with Crippen LogP contribution in [0.3, 0.4) is 0 Å². The van der Waals surface area contributed by atoms with Crippen LogP contribution in [0.15, 0.2) is 0 Å². The Morgan fingerprint density at radius 2 is 1.57 bits per heavy atom. The van der Waals surface area contributed by atoms with Gasteiger partial charge in [-0.3, -0.25) is 9.59 Å². The molecule has 0 saturated heterocycles. The van der Waals surface area contributed by atoms with Crippen molar-refractivity contribution in [2.45, 2.75) is 70.8 Å². The SMILES string of the molecule is CCCCCCCCCC(=O)OC(=O)[C@@H](N)CC(N)=O.[H-].[Na+]. The van der Waals surface area contributed by atoms with Crippen LogP contribution in [0.2, 0.25) is 0 Å². The Morgan fingerprint density at radius 3 is 2.10 bits per heavy atom. The monoisotopic (exact) mass is 310 g/mol. The fourth-order valence-electron chi connectivity index (χ4n) is 1.77. The number of carbonyl (C=O) groups is 3. The Balaban J connectivity index is -0.00000180. The molecule has 118 valence electrons. The van der Waals surface area contributed by atoms with Gasteiger partial charge < -0.3 is 17.6 Å². The number of unbranched alkanes of at least 4 members (excludes halogenated alkanes) is 6. The molecule has 4 N–H and O–H groups in total. The molecule has 0 heterocycles. The van der Waals surface area contributed by atoms with Crippen LogP contribution in [0.4, 0.5) is 0 Å². The second kappa shape index (κ2) is 14.5. The van der Waals surface area contributed by atoms with E-state index in [1.165, 1.54) is 25.7 Å². The number of esters is 2. The molecule has 0 radical (unpaired) electrons. The van der Waals surface area contributed by atoms with E-state index in [1.807, 2.05) is 0 Å². The third-order valence-corrected chi connectivity index (χ3v) is 2.92. The summed E-state index contributed by atoms with van der Waals surface area (Å²) in [7, 11) is 0. The number of hydrogen-bond donors (Lipinski definition) is 2. The molecule has 0 bridgehead atoms. The van der Waals surface area contributed by atoms with Gasteiger partial charge in [0.25, 0.3) is 0 Å². The van der Waals surface area contributed by atoms with Crippen molar-refractivity contribution in [1.82, 2.24) is 0 Å². The Hall–Kier alpha value is -0.430. The molecule has 0 rings (SSSR count). The van der Waals surface area contributed by atoms with Crippen LogP contribution in [0, 0.1) is 0 Å². The second-order valence-corrected chi connectivity index (χ2v) is 4.94. The molecule has 0 aliphatic heterocycles. The summed E-state index contributed by atoms with van der Waals surface area (Å²) in [6, 6.07) is -1.16. The van der Waals surface area contributed by atoms with Crippen molar-refractivity contribution in [2.24, 2.45) is 11.5 Å². The summed E-state index contributed by atoms with van der Waals surface area (Å²) in [5.74, 6) is -2.19. The van der Waals surface area contributed by atoms with Gasteiger partial charge in [-0.05, 0) is 6.42 Å². The van der Waals surface area contributed by atoms with E-state index in [0.717, 1.165) is 12.8 Å². The number of hydrogen-bond acceptors (Lipinski definition) is 5. The van der Waals surface area contributed by atoms with Gasteiger partial charge in [0.05, 0.1) is 6.42 Å². The van der Waals surface area contributed by atoms with Crippen molar-refractivity contribution in [1.29, 1.82) is 0 Å². The molecule has 0 fully saturated rings. The normalized spacial score (nSPS) is 11.3. The average molecular weight is 310 g/mol. The van der Waals surface area contributed by atoms with Crippen LogP contribution < -0.4 is 41.0 Å². The molecule has 1 atom stereocenters. The van der Waals surface area contributed by atoms with Crippen molar-refractivity contribution in [3.05, 3.63) is 0 Å². The van der Waals surface area contributed by atoms with E-state index in [0.29, 0.717) is 6.42 Å². The van der Waals surface area contributed by atoms with Crippen molar-refractivity contribution in [3.63, 3.8) is 0 Å². The molecule has 7 heteroatoms. The van der Waals surface area contributed by atoms with Crippen molar-refractivity contribution >= 4 is 17.8 Å². The molecule has 1 amide bonds. The van der Waals surface area contributed by atoms with Crippen LogP contribution in [0.25, 0.3) is 0 Å². The standard InChI is InChI=1S/C14H26N2O4.Na.H/c1-2-3-4-5-6-7-8-9-13(18)20-14(19)11(15)10-12(16)17;;/h11H,2-10,15H2,1H3,(H2,16,17);;/q;+1;-1/t11-;;/m0../s1. The van der Waals surface area contributed by atoms with E-state index in [4.69, 9.17) is 11.5 Å². The number of primary amides is 1. The predicted molar refractivity (Wildman–Crippen MR) is 76.6 cm³/mol. The smallest absolute Gasteiger partial charge is 1.00 e. The maximum absolute atomic E-state index is 11.4. The summed E-state index contributed by atoms with van der Waals surface area (Å²) in [4.78, 5) is 33.3. The first-order chi connectivity index (χ1) is 9.47. The van der Waals surface area contributed by atoms with Gasteiger partial charge >= 0.3 is 41.5 Å². The third kappa shape index (κ3) is 14.3. The Morgan fingerprint density at radius 1 is 1.05 bits per heavy atom. The number of nitrogens with two attached hydrogens (primary N) is 2. The van der Waals surface area contributed by atoms with Gasteiger partial charge in [-0.15, -0.1) is 0 Å². The van der Waals surface area contributed by atoms with E-state index in [2.05, 4.69) is 11.7 Å². The van der Waals surface area contributed by atoms with Crippen molar-refractivity contribution in [3.8, 4) is 0 Å². The van der Waals surface area contributed by atoms with E-state index >= 15 is 0 Å². The molecule has 0 aromatic carbocycles. The Kier molecular flexibility index (Phi) is 15.8. The van der Waals surface area contributed by atoms with Crippen molar-refractivity contribution < 1.29 is 50.1 Å². The maximum Gasteiger partial charge on any atom is 1.00 e. The molecule has 0 aromatic heterocycles. The molecule has 0 aromatic rings. The number of ether oxygens (including phenoxy) is 1. The van der Waals surface area contributed by atoms with Crippen LogP contribution in [0.5, 0.6) is 0 Å². The number of amides is 1. The zero-order valence-corrected chi connectivity index (χ0v) is 15.2. The van der Waals surface area contributed by atoms with Gasteiger partial charge in [0.15, 0.2) is 0 Å². The van der Waals surface area contributed by atoms with Crippen LogP contribution in [0.1, 0.15) is 66.1 Å². The van der Waals surface area contributed by atoms with E-state index in [9.17, 15) is 14.4 Å². The third-order valence-electron chi connectivity index (χ3n) is 2.92. The molecule has 0 spiro atoms. The van der Waals surface area contributed by atoms with Gasteiger partial charge in [-0.1, -0.05) is 45.4 Å². The average Bonchev–Trinajstić information content (AvgIpc) is 2.36. The fourth-order valence-corrected chi connectivity index (χ4v) is 1.77. The van der Waals surface area contributed by atoms with Crippen LogP contribution >= 0.6 is 0 Å². The largest absolute Gasteiger partial charge is 1.00 e. The zero-order chi connectivity index (χ0) is 15.4. The molecule has 6 nitrogen and oxygen atoms in total. The van der Waals surface area contributed by atoms with Crippen LogP contribution in [-0.4, -0.2) is 23.9 Å². The summed E-state index contributed by atoms with van der Waals surface area (Å²) in [6.45, 7) is 2.16. The molecular weight excluding hydrogens is 283 g/mol. The van der Waals surface area contributed by atoms with E-state index in [-0.39, 0.29) is 43.8 Å². The molecule has 21 heavy (non-hydrogen) atoms. The van der Waals surface area contributed by atoms with Gasteiger partial charge in [-0.2, -0.15) is 0 Å². The summed E-state index contributed by atoms with van der Waals surface area (Å²) < 4.78 is 4.55. The molecular formula is C14H27N2NaO4. The van der Waals surface area contributed by atoms with Gasteiger partial charge in [-0.25, -0.2) is 4.79 Å². The topological polar surface area (TPSA) is 112 Å². The van der Waals surface area contributed by atoms with Gasteiger partial charge in [0, 0.05) is 6.42 Å². The quantitative estimate of drug-likeness (QED) is 0.209. The number of rotatable bonds is 11. The fraction of sp³-hybridized carbons (Fsp3) is 0.786. The first kappa shape index (κ1) is 22.8. The Bertz CT molecular complexity index is 330. The number of carbonyl (C=O) groups excluding carboxylic acids is 3. The van der Waals surface area contributed by atoms with E-state index < -0.39 is 23.9 Å². The van der Waals surface area contributed by atoms with Crippen molar-refractivity contribution in [2.75, 3.05) is 0 Å². The second-order valence-electron chi connectivity index (χ2n) is 4.94. The Labute approximate surface area is 150 Å². The van der Waals surface area contributed by atoms with Crippen LogP contribution in [-0.2, 0) is 19.1 Å². The van der Waals surface area contributed by atoms with Gasteiger partial charge in [0.2, 0.25) is 5.91 Å². The predicted octanol–water partition coefficient (Wildman–Crippen LogP) is -1.48. The van der Waals surface area contributed by atoms with E-state index in [1.54, 1.807) is 0 Å². The summed E-state index contributed by atoms with van der Waals surface area (Å²) in [5.41, 5.74) is 10.3. The zero-order valence-electron chi connectivity index (χ0n) is 14.2. The summed E-state index contributed by atoms with van der Waals surface area (Å²) >= 11 is 0. The molecule has 0 aliphatic rings. The minimum absolute atomic E-state index is 0. The molecule has 0 saturated carbocycles. The summed E-state index contributed by atoms with van der Waals surface area (Å²) in [6.07, 6.45) is 7.46. The first-order valence-electron chi connectivity index (χ1n) is 7.25. The first-order valence-corrected chi connectivity index (χ1v) is 7.25. The minimum Gasteiger partial charge on any atom is -1.00 e. The minimum atomic E-state index is -1.16. The molecule has 0 aliphatic carbocycles. The molecule has 0 unspecified atom stereocenters. The summed E-state index contributed by atoms with van der Waals surface area (Å²) in [5, 5.41) is 0.